The van der Waals surface area contributed by atoms with Crippen LogP contribution in [0.2, 0.25) is 0 Å². The second-order valence-corrected chi connectivity index (χ2v) is 4.43. The van der Waals surface area contributed by atoms with Crippen LogP contribution in [0.3, 0.4) is 0 Å². The monoisotopic (exact) mass is 298 g/mol. The Bertz CT molecular complexity index is 544. The first-order valence-corrected chi connectivity index (χ1v) is 6.52. The van der Waals surface area contributed by atoms with Crippen molar-refractivity contribution in [2.75, 3.05) is 19.6 Å². The molecule has 21 heavy (non-hydrogen) atoms. The van der Waals surface area contributed by atoms with Gasteiger partial charge in [0.2, 0.25) is 0 Å². The molecule has 0 heterocycles. The summed E-state index contributed by atoms with van der Waals surface area (Å²) >= 11 is 0. The van der Waals surface area contributed by atoms with Gasteiger partial charge in [-0.2, -0.15) is 13.2 Å². The number of nitrogens with zero attached hydrogens (tertiary/aromatic N) is 1. The topological polar surface area (TPSA) is 46.3 Å². The van der Waals surface area contributed by atoms with E-state index in [0.717, 1.165) is 4.90 Å². The molecule has 0 aliphatic heterocycles. The average molecular weight is 298 g/mol. The fraction of sp³-hybridized carbons (Fsp3) is 0.400. The average Bonchev–Trinajstić information content (AvgIpc) is 2.43. The maximum absolute atomic E-state index is 12.5. The van der Waals surface area contributed by atoms with Crippen molar-refractivity contribution in [2.45, 2.75) is 19.5 Å². The third-order valence-electron chi connectivity index (χ3n) is 2.60. The Balaban J connectivity index is 2.98. The van der Waals surface area contributed by atoms with Crippen molar-refractivity contribution in [1.29, 1.82) is 0 Å². The highest BCUT2D eigenvalue weighted by atomic mass is 19.4. The van der Waals surface area contributed by atoms with Crippen molar-refractivity contribution in [2.24, 2.45) is 5.73 Å². The summed E-state index contributed by atoms with van der Waals surface area (Å²) in [6, 6.07) is 6.22. The number of halogens is 3. The molecule has 0 saturated heterocycles. The van der Waals surface area contributed by atoms with Gasteiger partial charge in [-0.25, -0.2) is 0 Å². The highest BCUT2D eigenvalue weighted by molar-refractivity contribution is 5.94. The lowest BCUT2D eigenvalue weighted by atomic mass is 10.1. The molecule has 2 N–H and O–H groups in total. The first kappa shape index (κ1) is 17.1. The third-order valence-corrected chi connectivity index (χ3v) is 2.60. The van der Waals surface area contributed by atoms with Gasteiger partial charge in [0.1, 0.15) is 6.54 Å². The maximum atomic E-state index is 12.5. The van der Waals surface area contributed by atoms with Crippen LogP contribution in [0.4, 0.5) is 13.2 Å². The van der Waals surface area contributed by atoms with Gasteiger partial charge in [0.15, 0.2) is 0 Å². The summed E-state index contributed by atoms with van der Waals surface area (Å²) in [7, 11) is 0. The molecule has 0 bridgehead atoms. The molecule has 0 aromatic heterocycles. The summed E-state index contributed by atoms with van der Waals surface area (Å²) in [5.74, 6) is 4.74. The van der Waals surface area contributed by atoms with Gasteiger partial charge in [0, 0.05) is 17.7 Å². The van der Waals surface area contributed by atoms with Gasteiger partial charge in [-0.15, -0.1) is 0 Å². The van der Waals surface area contributed by atoms with Gasteiger partial charge < -0.3 is 10.6 Å². The SMILES string of the molecule is CCCN(CC(F)(F)F)C(=O)c1cccc(C#CCN)c1. The van der Waals surface area contributed by atoms with Crippen LogP contribution in [0.15, 0.2) is 24.3 Å². The standard InChI is InChI=1S/C15H17F3N2O/c1-2-9-20(11-15(16,17)18)14(21)13-7-3-5-12(10-13)6-4-8-19/h3,5,7,10H,2,8-9,11,19H2,1H3. The van der Waals surface area contributed by atoms with Crippen LogP contribution in [0.1, 0.15) is 29.3 Å². The molecule has 1 aromatic rings. The number of benzene rings is 1. The minimum absolute atomic E-state index is 0.0526. The van der Waals surface area contributed by atoms with E-state index < -0.39 is 18.6 Å². The quantitative estimate of drug-likeness (QED) is 0.868. The summed E-state index contributed by atoms with van der Waals surface area (Å²) in [4.78, 5) is 13.0. The Labute approximate surface area is 121 Å². The van der Waals surface area contributed by atoms with Gasteiger partial charge in [0.05, 0.1) is 6.54 Å². The maximum Gasteiger partial charge on any atom is 0.406 e. The van der Waals surface area contributed by atoms with E-state index in [9.17, 15) is 18.0 Å². The Hall–Kier alpha value is -2.00. The molecule has 114 valence electrons. The fourth-order valence-corrected chi connectivity index (χ4v) is 1.80. The summed E-state index contributed by atoms with van der Waals surface area (Å²) in [6.45, 7) is 0.698. The molecule has 0 aliphatic rings. The second kappa shape index (κ2) is 7.70. The van der Waals surface area contributed by atoms with E-state index in [0.29, 0.717) is 12.0 Å². The second-order valence-electron chi connectivity index (χ2n) is 4.43. The number of hydrogen-bond acceptors (Lipinski definition) is 2. The predicted molar refractivity (Wildman–Crippen MR) is 74.6 cm³/mol. The van der Waals surface area contributed by atoms with Crippen molar-refractivity contribution in [3.05, 3.63) is 35.4 Å². The number of alkyl halides is 3. The van der Waals surface area contributed by atoms with E-state index in [1.54, 1.807) is 19.1 Å². The van der Waals surface area contributed by atoms with E-state index in [2.05, 4.69) is 11.8 Å². The molecule has 3 nitrogen and oxygen atoms in total. The lowest BCUT2D eigenvalue weighted by Crippen LogP contribution is -2.39. The number of hydrogen-bond donors (Lipinski definition) is 1. The minimum atomic E-state index is -4.41. The lowest BCUT2D eigenvalue weighted by molar-refractivity contribution is -0.140. The highest BCUT2D eigenvalue weighted by Gasteiger charge is 2.32. The summed E-state index contributed by atoms with van der Waals surface area (Å²) < 4.78 is 37.6. The largest absolute Gasteiger partial charge is 0.406 e. The first-order chi connectivity index (χ1) is 9.87. The molecule has 6 heteroatoms. The van der Waals surface area contributed by atoms with Crippen molar-refractivity contribution in [3.8, 4) is 11.8 Å². The lowest BCUT2D eigenvalue weighted by Gasteiger charge is -2.23. The van der Waals surface area contributed by atoms with E-state index in [1.807, 2.05) is 0 Å². The fourth-order valence-electron chi connectivity index (χ4n) is 1.80. The highest BCUT2D eigenvalue weighted by Crippen LogP contribution is 2.18. The Morgan fingerprint density at radius 2 is 2.10 bits per heavy atom. The number of nitrogens with two attached hydrogens (primary N) is 1. The Morgan fingerprint density at radius 1 is 1.38 bits per heavy atom. The van der Waals surface area contributed by atoms with Gasteiger partial charge in [-0.3, -0.25) is 4.79 Å². The molecule has 0 spiro atoms. The molecule has 0 atom stereocenters. The summed E-state index contributed by atoms with van der Waals surface area (Å²) in [5.41, 5.74) is 6.00. The molecular formula is C15H17F3N2O. The molecule has 0 unspecified atom stereocenters. The molecule has 0 aliphatic carbocycles. The van der Waals surface area contributed by atoms with Crippen LogP contribution in [0.5, 0.6) is 0 Å². The molecule has 1 aromatic carbocycles. The van der Waals surface area contributed by atoms with Crippen molar-refractivity contribution in [3.63, 3.8) is 0 Å². The van der Waals surface area contributed by atoms with E-state index in [-0.39, 0.29) is 18.7 Å². The van der Waals surface area contributed by atoms with Crippen LogP contribution in [0, 0.1) is 11.8 Å². The molecule has 0 saturated carbocycles. The normalized spacial score (nSPS) is 10.7. The Kier molecular flexibility index (Phi) is 6.25. The van der Waals surface area contributed by atoms with Crippen LogP contribution in [-0.2, 0) is 0 Å². The minimum Gasteiger partial charge on any atom is -0.330 e. The zero-order chi connectivity index (χ0) is 15.9. The van der Waals surface area contributed by atoms with E-state index in [1.165, 1.54) is 12.1 Å². The van der Waals surface area contributed by atoms with Crippen molar-refractivity contribution < 1.29 is 18.0 Å². The number of carbonyl (C=O) groups excluding carboxylic acids is 1. The smallest absolute Gasteiger partial charge is 0.330 e. The molecule has 0 radical (unpaired) electrons. The number of rotatable bonds is 4. The van der Waals surface area contributed by atoms with Gasteiger partial charge in [0.25, 0.3) is 5.91 Å². The van der Waals surface area contributed by atoms with Gasteiger partial charge in [-0.05, 0) is 24.6 Å². The van der Waals surface area contributed by atoms with E-state index in [4.69, 9.17) is 5.73 Å². The third kappa shape index (κ3) is 5.88. The first-order valence-electron chi connectivity index (χ1n) is 6.52. The van der Waals surface area contributed by atoms with Crippen LogP contribution < -0.4 is 5.73 Å². The zero-order valence-electron chi connectivity index (χ0n) is 11.7. The predicted octanol–water partition coefficient (Wildman–Crippen LogP) is 2.41. The molecule has 1 amide bonds. The van der Waals surface area contributed by atoms with Crippen molar-refractivity contribution in [1.82, 2.24) is 4.90 Å². The molecular weight excluding hydrogens is 281 g/mol. The number of amides is 1. The zero-order valence-corrected chi connectivity index (χ0v) is 11.7. The van der Waals surface area contributed by atoms with Crippen LogP contribution in [0.25, 0.3) is 0 Å². The summed E-state index contributed by atoms with van der Waals surface area (Å²) in [6.07, 6.45) is -3.96. The van der Waals surface area contributed by atoms with Crippen molar-refractivity contribution >= 4 is 5.91 Å². The Morgan fingerprint density at radius 3 is 2.67 bits per heavy atom. The van der Waals surface area contributed by atoms with Crippen LogP contribution >= 0.6 is 0 Å². The molecule has 0 fully saturated rings. The summed E-state index contributed by atoms with van der Waals surface area (Å²) in [5, 5.41) is 0. The van der Waals surface area contributed by atoms with E-state index >= 15 is 0 Å². The van der Waals surface area contributed by atoms with Crippen LogP contribution in [-0.4, -0.2) is 36.6 Å². The van der Waals surface area contributed by atoms with Gasteiger partial charge >= 0.3 is 6.18 Å². The van der Waals surface area contributed by atoms with Gasteiger partial charge in [-0.1, -0.05) is 24.8 Å². The molecule has 1 rings (SSSR count). The number of carbonyl (C=O) groups is 1.